The largest absolute Gasteiger partial charge is 0.369 e. The van der Waals surface area contributed by atoms with Crippen LogP contribution in [0.2, 0.25) is 0 Å². The summed E-state index contributed by atoms with van der Waals surface area (Å²) in [6.07, 6.45) is 3.88. The maximum atomic E-state index is 12.2. The Bertz CT molecular complexity index is 491. The third-order valence-corrected chi connectivity index (χ3v) is 5.48. The van der Waals surface area contributed by atoms with Crippen LogP contribution in [0, 0.1) is 11.8 Å². The van der Waals surface area contributed by atoms with E-state index in [1.54, 1.807) is 0 Å². The molecule has 0 saturated carbocycles. The lowest BCUT2D eigenvalue weighted by Gasteiger charge is -2.24. The number of hydrogen-bond donors (Lipinski definition) is 2. The number of carbonyl (C=O) groups is 3. The number of likely N-dealkylation sites (tertiary alicyclic amines) is 1. The molecule has 7 heteroatoms. The number of amides is 2. The first-order chi connectivity index (χ1) is 11.9. The molecule has 3 N–H and O–H groups in total. The van der Waals surface area contributed by atoms with E-state index >= 15 is 0 Å². The first-order valence-electron chi connectivity index (χ1n) is 9.34. The molecule has 0 radical (unpaired) electrons. The van der Waals surface area contributed by atoms with E-state index < -0.39 is 6.04 Å². The quantitative estimate of drug-likeness (QED) is 0.627. The molecule has 0 aliphatic carbocycles. The molecule has 2 rings (SSSR count). The van der Waals surface area contributed by atoms with Gasteiger partial charge in [0.25, 0.3) is 0 Å². The number of ketones is 1. The Hall–Kier alpha value is -1.47. The van der Waals surface area contributed by atoms with Crippen molar-refractivity contribution in [2.75, 3.05) is 26.2 Å². The molecular formula is C18H31N3O4. The van der Waals surface area contributed by atoms with E-state index in [0.29, 0.717) is 19.4 Å². The molecule has 2 fully saturated rings. The zero-order chi connectivity index (χ0) is 18.4. The Kier molecular flexibility index (Phi) is 7.38. The van der Waals surface area contributed by atoms with E-state index in [0.717, 1.165) is 19.5 Å². The number of nitrogens with two attached hydrogens (primary N) is 1. The number of nitrogens with one attached hydrogen (secondary N) is 1. The minimum atomic E-state index is -0.532. The molecule has 0 aromatic rings. The maximum Gasteiger partial charge on any atom is 0.220 e. The molecular weight excluding hydrogens is 322 g/mol. The summed E-state index contributed by atoms with van der Waals surface area (Å²) in [5, 5.41) is 2.85. The third kappa shape index (κ3) is 5.78. The summed E-state index contributed by atoms with van der Waals surface area (Å²) in [6, 6.07) is -0.532. The summed E-state index contributed by atoms with van der Waals surface area (Å²) in [5.41, 5.74) is 5.30. The van der Waals surface area contributed by atoms with Crippen molar-refractivity contribution in [3.05, 3.63) is 0 Å². The summed E-state index contributed by atoms with van der Waals surface area (Å²) in [6.45, 7) is 6.62. The molecule has 2 heterocycles. The van der Waals surface area contributed by atoms with Gasteiger partial charge in [-0.25, -0.2) is 0 Å². The van der Waals surface area contributed by atoms with Crippen molar-refractivity contribution < 1.29 is 19.1 Å². The van der Waals surface area contributed by atoms with Gasteiger partial charge in [-0.15, -0.1) is 0 Å². The van der Waals surface area contributed by atoms with Crippen LogP contribution >= 0.6 is 0 Å². The molecule has 0 bridgehead atoms. The average Bonchev–Trinajstić information content (AvgIpc) is 3.19. The zero-order valence-electron chi connectivity index (χ0n) is 15.3. The van der Waals surface area contributed by atoms with Crippen molar-refractivity contribution in [3.63, 3.8) is 0 Å². The highest BCUT2D eigenvalue weighted by atomic mass is 16.5. The van der Waals surface area contributed by atoms with Crippen molar-refractivity contribution in [2.45, 2.75) is 58.1 Å². The van der Waals surface area contributed by atoms with Crippen molar-refractivity contribution in [2.24, 2.45) is 17.6 Å². The fourth-order valence-electron chi connectivity index (χ4n) is 3.49. The van der Waals surface area contributed by atoms with Gasteiger partial charge in [-0.05, 0) is 44.7 Å². The second-order valence-corrected chi connectivity index (χ2v) is 7.43. The second kappa shape index (κ2) is 9.29. The molecule has 2 aliphatic rings. The molecule has 25 heavy (non-hydrogen) atoms. The molecule has 2 amide bonds. The van der Waals surface area contributed by atoms with Gasteiger partial charge in [-0.1, -0.05) is 13.8 Å². The van der Waals surface area contributed by atoms with Crippen molar-refractivity contribution >= 4 is 17.6 Å². The number of carbonyl (C=O) groups excluding carboxylic acids is 3. The summed E-state index contributed by atoms with van der Waals surface area (Å²) in [5.74, 6) is -0.541. The normalized spacial score (nSPS) is 26.6. The van der Waals surface area contributed by atoms with Gasteiger partial charge in [0.05, 0.1) is 6.10 Å². The van der Waals surface area contributed by atoms with Gasteiger partial charge in [0.15, 0.2) is 5.78 Å². The van der Waals surface area contributed by atoms with Crippen LogP contribution in [0.25, 0.3) is 0 Å². The highest BCUT2D eigenvalue weighted by molar-refractivity contribution is 5.91. The Balaban J connectivity index is 1.74. The molecule has 142 valence electrons. The fourth-order valence-corrected chi connectivity index (χ4v) is 3.49. The second-order valence-electron chi connectivity index (χ2n) is 7.43. The van der Waals surface area contributed by atoms with Gasteiger partial charge in [0, 0.05) is 18.9 Å². The first-order valence-corrected chi connectivity index (χ1v) is 9.34. The predicted molar refractivity (Wildman–Crippen MR) is 93.7 cm³/mol. The number of primary amides is 1. The smallest absolute Gasteiger partial charge is 0.220 e. The number of Topliss-reactive ketones (excluding diaryl/α,β-unsaturated/α-hetero) is 1. The lowest BCUT2D eigenvalue weighted by atomic mass is 9.90. The van der Waals surface area contributed by atoms with Crippen LogP contribution in [0.5, 0.6) is 0 Å². The summed E-state index contributed by atoms with van der Waals surface area (Å²) in [4.78, 5) is 37.7. The standard InChI is InChI=1S/C18H31N3O4/c1-12(13(2)18(19)24)6-5-7-16(23)20-17-14(22)11-25-15(17)10-21-8-3-4-9-21/h12-13,15,17H,3-11H2,1-2H3,(H2,19,24)(H,20,23). The van der Waals surface area contributed by atoms with Gasteiger partial charge in [0.1, 0.15) is 12.6 Å². The van der Waals surface area contributed by atoms with Gasteiger partial charge in [0.2, 0.25) is 11.8 Å². The molecule has 0 spiro atoms. The number of hydrogen-bond acceptors (Lipinski definition) is 5. The van der Waals surface area contributed by atoms with Crippen LogP contribution in [-0.2, 0) is 19.1 Å². The van der Waals surface area contributed by atoms with Gasteiger partial charge >= 0.3 is 0 Å². The van der Waals surface area contributed by atoms with E-state index in [-0.39, 0.29) is 42.1 Å². The summed E-state index contributed by atoms with van der Waals surface area (Å²) in [7, 11) is 0. The lowest BCUT2D eigenvalue weighted by Crippen LogP contribution is -2.48. The van der Waals surface area contributed by atoms with E-state index in [4.69, 9.17) is 10.5 Å². The maximum absolute atomic E-state index is 12.2. The van der Waals surface area contributed by atoms with Crippen LogP contribution in [0.1, 0.15) is 46.0 Å². The minimum Gasteiger partial charge on any atom is -0.369 e. The van der Waals surface area contributed by atoms with Crippen LogP contribution in [0.15, 0.2) is 0 Å². The zero-order valence-corrected chi connectivity index (χ0v) is 15.3. The van der Waals surface area contributed by atoms with Gasteiger partial charge < -0.3 is 20.7 Å². The van der Waals surface area contributed by atoms with Crippen molar-refractivity contribution in [3.8, 4) is 0 Å². The van der Waals surface area contributed by atoms with E-state index in [9.17, 15) is 14.4 Å². The summed E-state index contributed by atoms with van der Waals surface area (Å²) < 4.78 is 5.58. The molecule has 4 atom stereocenters. The Morgan fingerprint density at radius 1 is 1.32 bits per heavy atom. The van der Waals surface area contributed by atoms with E-state index in [1.165, 1.54) is 12.8 Å². The van der Waals surface area contributed by atoms with Crippen molar-refractivity contribution in [1.29, 1.82) is 0 Å². The Labute approximate surface area is 149 Å². The highest BCUT2D eigenvalue weighted by Gasteiger charge is 2.38. The van der Waals surface area contributed by atoms with Gasteiger partial charge in [-0.2, -0.15) is 0 Å². The van der Waals surface area contributed by atoms with E-state index in [2.05, 4.69) is 10.2 Å². The minimum absolute atomic E-state index is 0.0479. The van der Waals surface area contributed by atoms with E-state index in [1.807, 2.05) is 13.8 Å². The lowest BCUT2D eigenvalue weighted by molar-refractivity contribution is -0.126. The van der Waals surface area contributed by atoms with Crippen LogP contribution in [0.4, 0.5) is 0 Å². The number of ether oxygens (including phenoxy) is 1. The molecule has 7 nitrogen and oxygen atoms in total. The Morgan fingerprint density at radius 2 is 2.00 bits per heavy atom. The molecule has 0 aromatic heterocycles. The monoisotopic (exact) mass is 353 g/mol. The fraction of sp³-hybridized carbons (Fsp3) is 0.833. The highest BCUT2D eigenvalue weighted by Crippen LogP contribution is 2.19. The number of rotatable bonds is 9. The molecule has 2 saturated heterocycles. The molecule has 2 aliphatic heterocycles. The van der Waals surface area contributed by atoms with Gasteiger partial charge in [-0.3, -0.25) is 14.4 Å². The Morgan fingerprint density at radius 3 is 2.64 bits per heavy atom. The third-order valence-electron chi connectivity index (χ3n) is 5.48. The molecule has 0 aromatic carbocycles. The van der Waals surface area contributed by atoms with Crippen molar-refractivity contribution in [1.82, 2.24) is 10.2 Å². The van der Waals surface area contributed by atoms with Crippen LogP contribution in [0.3, 0.4) is 0 Å². The summed E-state index contributed by atoms with van der Waals surface area (Å²) >= 11 is 0. The first kappa shape index (κ1) is 19.8. The molecule has 4 unspecified atom stereocenters. The topological polar surface area (TPSA) is 102 Å². The average molecular weight is 353 g/mol. The SMILES string of the molecule is CC(CCCC(=O)NC1C(=O)COC1CN1CCCC1)C(C)C(N)=O. The van der Waals surface area contributed by atoms with Crippen LogP contribution < -0.4 is 11.1 Å². The predicted octanol–water partition coefficient (Wildman–Crippen LogP) is 0.463. The van der Waals surface area contributed by atoms with Crippen LogP contribution in [-0.4, -0.2) is 60.9 Å². The number of nitrogens with zero attached hydrogens (tertiary/aromatic N) is 1.